The van der Waals surface area contributed by atoms with Gasteiger partial charge in [-0.1, -0.05) is 60.7 Å². The monoisotopic (exact) mass is 361 g/mol. The molecule has 0 saturated heterocycles. The van der Waals surface area contributed by atoms with Crippen LogP contribution in [0.1, 0.15) is 22.7 Å². The van der Waals surface area contributed by atoms with Crippen LogP contribution < -0.4 is 15.4 Å². The Morgan fingerprint density at radius 2 is 1.74 bits per heavy atom. The maximum atomic E-state index is 13.0. The van der Waals surface area contributed by atoms with Crippen LogP contribution in [0.4, 0.5) is 5.69 Å². The normalized spacial score (nSPS) is 11.6. The molecule has 0 spiro atoms. The first kappa shape index (κ1) is 18.7. The van der Waals surface area contributed by atoms with Crippen molar-refractivity contribution in [2.24, 2.45) is 0 Å². The molecule has 3 aromatic carbocycles. The molecule has 3 aromatic rings. The number of carbonyl (C=O) groups excluding carboxylic acids is 1. The van der Waals surface area contributed by atoms with E-state index in [1.54, 1.807) is 7.11 Å². The Hall–Kier alpha value is -3.11. The largest absolute Gasteiger partial charge is 0.497 e. The van der Waals surface area contributed by atoms with Gasteiger partial charge in [0.25, 0.3) is 5.91 Å². The minimum atomic E-state index is -0.336. The first-order valence-corrected chi connectivity index (χ1v) is 9.05. The maximum absolute atomic E-state index is 13.0. The SMILES string of the molecule is COc1cccc(NC(=O)[C@H]([NH2+]Cc2ccccc2C)c2ccccc2)c1. The topological polar surface area (TPSA) is 54.9 Å². The van der Waals surface area contributed by atoms with E-state index >= 15 is 0 Å². The molecule has 3 rings (SSSR count). The van der Waals surface area contributed by atoms with Crippen molar-refractivity contribution in [3.8, 4) is 5.75 Å². The molecule has 0 aliphatic heterocycles. The molecule has 3 N–H and O–H groups in total. The molecule has 4 heteroatoms. The average molecular weight is 361 g/mol. The lowest BCUT2D eigenvalue weighted by Gasteiger charge is -2.17. The molecule has 1 atom stereocenters. The molecule has 0 radical (unpaired) electrons. The molecule has 0 fully saturated rings. The third kappa shape index (κ3) is 4.96. The molecule has 4 nitrogen and oxygen atoms in total. The highest BCUT2D eigenvalue weighted by atomic mass is 16.5. The average Bonchev–Trinajstić information content (AvgIpc) is 2.70. The number of anilines is 1. The van der Waals surface area contributed by atoms with Gasteiger partial charge in [0.1, 0.15) is 12.3 Å². The summed E-state index contributed by atoms with van der Waals surface area (Å²) in [4.78, 5) is 13.0. The number of rotatable bonds is 7. The number of methoxy groups -OCH3 is 1. The van der Waals surface area contributed by atoms with E-state index < -0.39 is 0 Å². The number of hydrogen-bond acceptors (Lipinski definition) is 2. The van der Waals surface area contributed by atoms with Gasteiger partial charge in [-0.25, -0.2) is 0 Å². The highest BCUT2D eigenvalue weighted by molar-refractivity contribution is 5.94. The van der Waals surface area contributed by atoms with Crippen LogP contribution in [0.25, 0.3) is 0 Å². The van der Waals surface area contributed by atoms with Gasteiger partial charge in [-0.05, 0) is 24.6 Å². The van der Waals surface area contributed by atoms with E-state index in [0.29, 0.717) is 5.75 Å². The van der Waals surface area contributed by atoms with Crippen molar-refractivity contribution in [3.05, 3.63) is 95.6 Å². The smallest absolute Gasteiger partial charge is 0.287 e. The molecule has 1 amide bonds. The minimum absolute atomic E-state index is 0.0527. The van der Waals surface area contributed by atoms with Crippen LogP contribution in [0, 0.1) is 6.92 Å². The zero-order valence-electron chi connectivity index (χ0n) is 15.7. The van der Waals surface area contributed by atoms with E-state index in [-0.39, 0.29) is 11.9 Å². The van der Waals surface area contributed by atoms with Gasteiger partial charge in [-0.3, -0.25) is 4.79 Å². The van der Waals surface area contributed by atoms with Crippen molar-refractivity contribution in [1.29, 1.82) is 0 Å². The zero-order chi connectivity index (χ0) is 19.1. The van der Waals surface area contributed by atoms with E-state index in [4.69, 9.17) is 4.74 Å². The van der Waals surface area contributed by atoms with Crippen LogP contribution >= 0.6 is 0 Å². The van der Waals surface area contributed by atoms with Gasteiger partial charge < -0.3 is 15.4 Å². The van der Waals surface area contributed by atoms with Crippen LogP contribution in [-0.4, -0.2) is 13.0 Å². The Bertz CT molecular complexity index is 894. The summed E-state index contributed by atoms with van der Waals surface area (Å²) in [7, 11) is 1.61. The van der Waals surface area contributed by atoms with Crippen molar-refractivity contribution >= 4 is 11.6 Å². The molecule has 0 aromatic heterocycles. The summed E-state index contributed by atoms with van der Waals surface area (Å²) in [5, 5.41) is 5.09. The Morgan fingerprint density at radius 3 is 2.48 bits per heavy atom. The Morgan fingerprint density at radius 1 is 1.00 bits per heavy atom. The van der Waals surface area contributed by atoms with Gasteiger partial charge in [0.05, 0.1) is 7.11 Å². The summed E-state index contributed by atoms with van der Waals surface area (Å²) in [6, 6.07) is 25.2. The number of ether oxygens (including phenoxy) is 1. The van der Waals surface area contributed by atoms with Gasteiger partial charge in [-0.15, -0.1) is 0 Å². The van der Waals surface area contributed by atoms with E-state index in [0.717, 1.165) is 17.8 Å². The highest BCUT2D eigenvalue weighted by Crippen LogP contribution is 2.18. The van der Waals surface area contributed by atoms with Crippen LogP contribution in [0.3, 0.4) is 0 Å². The lowest BCUT2D eigenvalue weighted by atomic mass is 10.0. The summed E-state index contributed by atoms with van der Waals surface area (Å²) in [6.07, 6.45) is 0. The summed E-state index contributed by atoms with van der Waals surface area (Å²) in [5.41, 5.74) is 4.16. The molecule has 0 bridgehead atoms. The Labute approximate surface area is 160 Å². The van der Waals surface area contributed by atoms with Gasteiger partial charge >= 0.3 is 0 Å². The van der Waals surface area contributed by atoms with Crippen LogP contribution in [0.15, 0.2) is 78.9 Å². The van der Waals surface area contributed by atoms with E-state index in [1.165, 1.54) is 11.1 Å². The predicted octanol–water partition coefficient (Wildman–Crippen LogP) is 3.45. The first-order valence-electron chi connectivity index (χ1n) is 9.05. The number of aryl methyl sites for hydroxylation is 1. The standard InChI is InChI=1S/C23H24N2O2/c1-17-9-6-7-12-19(17)16-24-22(18-10-4-3-5-11-18)23(26)25-20-13-8-14-21(15-20)27-2/h3-15,22,24H,16H2,1-2H3,(H,25,26)/p+1/t22-/m1/s1. The molecular formula is C23H25N2O2+. The maximum Gasteiger partial charge on any atom is 0.287 e. The van der Waals surface area contributed by atoms with Gasteiger partial charge in [0.2, 0.25) is 0 Å². The highest BCUT2D eigenvalue weighted by Gasteiger charge is 2.24. The first-order chi connectivity index (χ1) is 13.2. The van der Waals surface area contributed by atoms with E-state index in [9.17, 15) is 4.79 Å². The van der Waals surface area contributed by atoms with E-state index in [1.807, 2.05) is 66.7 Å². The van der Waals surface area contributed by atoms with E-state index in [2.05, 4.69) is 29.7 Å². The van der Waals surface area contributed by atoms with Crippen molar-refractivity contribution in [3.63, 3.8) is 0 Å². The summed E-state index contributed by atoms with van der Waals surface area (Å²) in [6.45, 7) is 2.83. The molecular weight excluding hydrogens is 336 g/mol. The fourth-order valence-electron chi connectivity index (χ4n) is 3.06. The fourth-order valence-corrected chi connectivity index (χ4v) is 3.06. The molecule has 0 aliphatic rings. The number of nitrogens with two attached hydrogens (primary N) is 1. The summed E-state index contributed by atoms with van der Waals surface area (Å²) < 4.78 is 5.24. The second-order valence-corrected chi connectivity index (χ2v) is 6.48. The Balaban J connectivity index is 1.79. The quantitative estimate of drug-likeness (QED) is 0.677. The van der Waals surface area contributed by atoms with Crippen LogP contribution in [-0.2, 0) is 11.3 Å². The second kappa shape index (κ2) is 9.01. The van der Waals surface area contributed by atoms with Crippen molar-refractivity contribution in [1.82, 2.24) is 0 Å². The van der Waals surface area contributed by atoms with Crippen LogP contribution in [0.5, 0.6) is 5.75 Å². The molecule has 0 saturated carbocycles. The third-order valence-corrected chi connectivity index (χ3v) is 4.61. The Kier molecular flexibility index (Phi) is 6.23. The van der Waals surface area contributed by atoms with Crippen molar-refractivity contribution in [2.75, 3.05) is 12.4 Å². The predicted molar refractivity (Wildman–Crippen MR) is 108 cm³/mol. The zero-order valence-corrected chi connectivity index (χ0v) is 15.7. The third-order valence-electron chi connectivity index (χ3n) is 4.61. The molecule has 138 valence electrons. The molecule has 0 unspecified atom stereocenters. The van der Waals surface area contributed by atoms with Crippen molar-refractivity contribution in [2.45, 2.75) is 19.5 Å². The molecule has 0 heterocycles. The molecule has 27 heavy (non-hydrogen) atoms. The number of nitrogens with one attached hydrogen (secondary N) is 1. The number of carbonyl (C=O) groups is 1. The van der Waals surface area contributed by atoms with Crippen LogP contribution in [0.2, 0.25) is 0 Å². The molecule has 0 aliphatic carbocycles. The fraction of sp³-hybridized carbons (Fsp3) is 0.174. The number of amides is 1. The number of hydrogen-bond donors (Lipinski definition) is 2. The summed E-state index contributed by atoms with van der Waals surface area (Å²) >= 11 is 0. The number of benzene rings is 3. The number of quaternary nitrogens is 1. The van der Waals surface area contributed by atoms with Gasteiger partial charge in [0.15, 0.2) is 6.04 Å². The summed E-state index contributed by atoms with van der Waals surface area (Å²) in [5.74, 6) is 0.663. The van der Waals surface area contributed by atoms with Gasteiger partial charge in [0, 0.05) is 22.9 Å². The lowest BCUT2D eigenvalue weighted by Crippen LogP contribution is -2.85. The minimum Gasteiger partial charge on any atom is -0.497 e. The van der Waals surface area contributed by atoms with Gasteiger partial charge in [-0.2, -0.15) is 0 Å². The second-order valence-electron chi connectivity index (χ2n) is 6.48. The lowest BCUT2D eigenvalue weighted by molar-refractivity contribution is -0.697. The van der Waals surface area contributed by atoms with Crippen molar-refractivity contribution < 1.29 is 14.8 Å².